The quantitative estimate of drug-likeness (QED) is 0.506. The molecule has 3 aromatic carbocycles. The Balaban J connectivity index is 1.23. The van der Waals surface area contributed by atoms with Gasteiger partial charge in [-0.2, -0.15) is 11.8 Å². The van der Waals surface area contributed by atoms with E-state index in [0.29, 0.717) is 12.2 Å². The fraction of sp³-hybridized carbons (Fsp3) is 0.393. The Morgan fingerprint density at radius 2 is 1.63 bits per heavy atom. The zero-order valence-corrected chi connectivity index (χ0v) is 20.9. The summed E-state index contributed by atoms with van der Waals surface area (Å²) in [5.74, 6) is 3.16. The molecule has 0 unspecified atom stereocenters. The molecule has 0 saturated carbocycles. The van der Waals surface area contributed by atoms with Gasteiger partial charge in [-0.25, -0.2) is 0 Å². The van der Waals surface area contributed by atoms with Gasteiger partial charge in [0.05, 0.1) is 13.2 Å². The molecule has 3 aromatic rings. The summed E-state index contributed by atoms with van der Waals surface area (Å²) in [5.41, 5.74) is 2.65. The van der Waals surface area contributed by atoms with Gasteiger partial charge in [-0.3, -0.25) is 14.6 Å². The largest absolute Gasteiger partial charge is 0.492 e. The summed E-state index contributed by atoms with van der Waals surface area (Å²) in [6.45, 7) is 8.23. The number of thioether (sulfide) groups is 1. The summed E-state index contributed by atoms with van der Waals surface area (Å²) < 4.78 is 11.6. The summed E-state index contributed by atoms with van der Waals surface area (Å²) in [6, 6.07) is 19.9. The van der Waals surface area contributed by atoms with Gasteiger partial charge in [-0.1, -0.05) is 36.4 Å². The van der Waals surface area contributed by atoms with Crippen LogP contribution in [0.2, 0.25) is 0 Å². The molecule has 0 aliphatic carbocycles. The molecule has 184 valence electrons. The van der Waals surface area contributed by atoms with Gasteiger partial charge in [0.2, 0.25) is 0 Å². The number of nitrogens with zero attached hydrogens (tertiary/aromatic N) is 2. The first kappa shape index (κ1) is 24.1. The number of amides is 1. The molecule has 2 saturated heterocycles. The van der Waals surface area contributed by atoms with Crippen LogP contribution in [0.3, 0.4) is 0 Å². The minimum atomic E-state index is -0.107. The van der Waals surface area contributed by atoms with Crippen molar-refractivity contribution in [2.24, 2.45) is 0 Å². The Labute approximate surface area is 211 Å². The van der Waals surface area contributed by atoms with Crippen molar-refractivity contribution in [1.29, 1.82) is 0 Å². The lowest BCUT2D eigenvalue weighted by Gasteiger charge is -2.26. The van der Waals surface area contributed by atoms with Crippen molar-refractivity contribution in [3.8, 4) is 5.75 Å². The minimum absolute atomic E-state index is 0.107. The first-order chi connectivity index (χ1) is 17.3. The number of morpholine rings is 1. The highest BCUT2D eigenvalue weighted by atomic mass is 32.2. The number of fused-ring (bicyclic) bond motifs is 1. The van der Waals surface area contributed by atoms with Crippen LogP contribution in [0.25, 0.3) is 10.8 Å². The molecule has 2 aliphatic rings. The van der Waals surface area contributed by atoms with E-state index in [9.17, 15) is 4.79 Å². The zero-order chi connectivity index (χ0) is 23.9. The van der Waals surface area contributed by atoms with Crippen LogP contribution in [0.4, 0.5) is 5.69 Å². The number of rotatable bonds is 8. The van der Waals surface area contributed by atoms with Gasteiger partial charge in [-0.05, 0) is 29.8 Å². The molecule has 5 rings (SSSR count). The molecule has 2 fully saturated rings. The normalized spacial score (nSPS) is 17.4. The number of nitrogens with one attached hydrogen (secondary N) is 1. The van der Waals surface area contributed by atoms with Gasteiger partial charge in [0.25, 0.3) is 5.91 Å². The van der Waals surface area contributed by atoms with Crippen molar-refractivity contribution >= 4 is 34.1 Å². The summed E-state index contributed by atoms with van der Waals surface area (Å²) in [4.78, 5) is 17.8. The van der Waals surface area contributed by atoms with E-state index in [4.69, 9.17) is 9.47 Å². The highest BCUT2D eigenvalue weighted by Crippen LogP contribution is 2.32. The van der Waals surface area contributed by atoms with Gasteiger partial charge in [0, 0.05) is 72.8 Å². The van der Waals surface area contributed by atoms with Crippen LogP contribution < -0.4 is 10.1 Å². The van der Waals surface area contributed by atoms with E-state index in [1.807, 2.05) is 66.4 Å². The van der Waals surface area contributed by atoms with E-state index in [0.717, 1.165) is 74.7 Å². The summed E-state index contributed by atoms with van der Waals surface area (Å²) in [5, 5.41) is 5.10. The molecule has 0 radical (unpaired) electrons. The van der Waals surface area contributed by atoms with Gasteiger partial charge in [0.15, 0.2) is 0 Å². The molecule has 0 spiro atoms. The molecule has 1 amide bonds. The average Bonchev–Trinajstić information content (AvgIpc) is 2.91. The second-order valence-corrected chi connectivity index (χ2v) is 10.2. The fourth-order valence-corrected chi connectivity index (χ4v) is 5.57. The van der Waals surface area contributed by atoms with E-state index in [1.165, 1.54) is 17.1 Å². The van der Waals surface area contributed by atoms with Crippen LogP contribution in [-0.4, -0.2) is 79.8 Å². The SMILES string of the molecule is O=C(Nc1ccc(OCCN2CCSCC2)c2ccccc12)c1ccc(CN2CCOCC2)cc1. The van der Waals surface area contributed by atoms with Crippen LogP contribution in [0, 0.1) is 0 Å². The monoisotopic (exact) mass is 491 g/mol. The molecule has 0 bridgehead atoms. The summed E-state index contributed by atoms with van der Waals surface area (Å²) in [6.07, 6.45) is 0. The van der Waals surface area contributed by atoms with Crippen molar-refractivity contribution in [1.82, 2.24) is 9.80 Å². The van der Waals surface area contributed by atoms with Crippen molar-refractivity contribution in [2.75, 3.05) is 69.4 Å². The third kappa shape index (κ3) is 6.35. The Bertz CT molecular complexity index is 1130. The number of carbonyl (C=O) groups is 1. The lowest BCUT2D eigenvalue weighted by Crippen LogP contribution is -2.35. The van der Waals surface area contributed by atoms with Crippen molar-refractivity contribution < 1.29 is 14.3 Å². The summed E-state index contributed by atoms with van der Waals surface area (Å²) in [7, 11) is 0. The molecule has 1 N–H and O–H groups in total. The molecule has 0 atom stereocenters. The van der Waals surface area contributed by atoms with Gasteiger partial charge in [-0.15, -0.1) is 0 Å². The van der Waals surface area contributed by atoms with Gasteiger partial charge in [0.1, 0.15) is 12.4 Å². The molecule has 7 heteroatoms. The van der Waals surface area contributed by atoms with E-state index in [1.54, 1.807) is 0 Å². The van der Waals surface area contributed by atoms with Crippen LogP contribution in [0.5, 0.6) is 5.75 Å². The molecule has 0 aromatic heterocycles. The highest BCUT2D eigenvalue weighted by molar-refractivity contribution is 7.99. The van der Waals surface area contributed by atoms with E-state index in [2.05, 4.69) is 21.2 Å². The number of hydrogen-bond acceptors (Lipinski definition) is 6. The van der Waals surface area contributed by atoms with E-state index in [-0.39, 0.29) is 5.91 Å². The molecule has 2 heterocycles. The number of ether oxygens (including phenoxy) is 2. The number of carbonyl (C=O) groups excluding carboxylic acids is 1. The van der Waals surface area contributed by atoms with Crippen molar-refractivity contribution in [2.45, 2.75) is 6.54 Å². The number of benzene rings is 3. The minimum Gasteiger partial charge on any atom is -0.492 e. The lowest BCUT2D eigenvalue weighted by atomic mass is 10.1. The maximum Gasteiger partial charge on any atom is 0.255 e. The average molecular weight is 492 g/mol. The van der Waals surface area contributed by atoms with Gasteiger partial charge < -0.3 is 14.8 Å². The zero-order valence-electron chi connectivity index (χ0n) is 20.1. The molecule has 6 nitrogen and oxygen atoms in total. The Morgan fingerprint density at radius 3 is 2.40 bits per heavy atom. The Kier molecular flexibility index (Phi) is 8.21. The predicted octanol–water partition coefficient (Wildman–Crippen LogP) is 4.35. The highest BCUT2D eigenvalue weighted by Gasteiger charge is 2.14. The molecular formula is C28H33N3O3S. The van der Waals surface area contributed by atoms with Crippen molar-refractivity contribution in [3.63, 3.8) is 0 Å². The van der Waals surface area contributed by atoms with Gasteiger partial charge >= 0.3 is 0 Å². The second kappa shape index (κ2) is 11.9. The molecule has 35 heavy (non-hydrogen) atoms. The number of anilines is 1. The predicted molar refractivity (Wildman–Crippen MR) is 144 cm³/mol. The van der Waals surface area contributed by atoms with E-state index >= 15 is 0 Å². The second-order valence-electron chi connectivity index (χ2n) is 9.00. The Hall–Kier alpha value is -2.58. The van der Waals surface area contributed by atoms with E-state index < -0.39 is 0 Å². The molecule has 2 aliphatic heterocycles. The first-order valence-corrected chi connectivity index (χ1v) is 13.6. The Morgan fingerprint density at radius 1 is 0.886 bits per heavy atom. The number of hydrogen-bond donors (Lipinski definition) is 1. The smallest absolute Gasteiger partial charge is 0.255 e. The maximum atomic E-state index is 13.0. The third-order valence-electron chi connectivity index (χ3n) is 6.63. The van der Waals surface area contributed by atoms with Crippen LogP contribution in [0.1, 0.15) is 15.9 Å². The van der Waals surface area contributed by atoms with Crippen molar-refractivity contribution in [3.05, 3.63) is 71.8 Å². The van der Waals surface area contributed by atoms with Crippen LogP contribution >= 0.6 is 11.8 Å². The first-order valence-electron chi connectivity index (χ1n) is 12.4. The maximum absolute atomic E-state index is 13.0. The standard InChI is InChI=1S/C28H33N3O3S/c32-28(23-7-5-22(6-8-23)21-31-11-16-33-17-12-31)29-26-9-10-27(25-4-2-1-3-24(25)26)34-18-13-30-14-19-35-20-15-30/h1-10H,11-21H2,(H,29,32). The summed E-state index contributed by atoms with van der Waals surface area (Å²) >= 11 is 2.02. The van der Waals surface area contributed by atoms with Crippen LogP contribution in [-0.2, 0) is 11.3 Å². The fourth-order valence-electron chi connectivity index (χ4n) is 4.59. The molecular weight excluding hydrogens is 458 g/mol. The topological polar surface area (TPSA) is 54.0 Å². The lowest BCUT2D eigenvalue weighted by molar-refractivity contribution is 0.0342. The third-order valence-corrected chi connectivity index (χ3v) is 7.57. The van der Waals surface area contributed by atoms with Crippen LogP contribution in [0.15, 0.2) is 60.7 Å².